The van der Waals surface area contributed by atoms with Crippen molar-refractivity contribution in [3.8, 4) is 0 Å². The second kappa shape index (κ2) is 5.87. The zero-order chi connectivity index (χ0) is 15.6. The number of carbonyl (C=O) groups excluding carboxylic acids is 1. The quantitative estimate of drug-likeness (QED) is 0.808. The van der Waals surface area contributed by atoms with Crippen molar-refractivity contribution in [2.75, 3.05) is 10.6 Å². The third-order valence-electron chi connectivity index (χ3n) is 3.53. The zero-order valence-electron chi connectivity index (χ0n) is 12.8. The lowest BCUT2D eigenvalue weighted by Crippen LogP contribution is -2.19. The van der Waals surface area contributed by atoms with E-state index in [1.165, 1.54) is 5.56 Å². The number of urea groups is 1. The first kappa shape index (κ1) is 14.9. The fourth-order valence-corrected chi connectivity index (χ4v) is 2.53. The van der Waals surface area contributed by atoms with Gasteiger partial charge in [-0.2, -0.15) is 5.10 Å². The molecule has 1 unspecified atom stereocenters. The van der Waals surface area contributed by atoms with Crippen LogP contribution in [0.2, 0.25) is 0 Å². The minimum Gasteiger partial charge on any atom is -0.378 e. The van der Waals surface area contributed by atoms with Crippen molar-refractivity contribution in [3.05, 3.63) is 41.2 Å². The van der Waals surface area contributed by atoms with Crippen LogP contribution < -0.4 is 16.4 Å². The van der Waals surface area contributed by atoms with E-state index in [2.05, 4.69) is 29.6 Å². The SMILES string of the molecule is Cc1nn(C)c(C)c1C(C)Nc1ccc(NC(N)=O)cc1. The van der Waals surface area contributed by atoms with E-state index in [1.54, 1.807) is 0 Å². The molecule has 21 heavy (non-hydrogen) atoms. The number of nitrogens with one attached hydrogen (secondary N) is 2. The molecule has 1 heterocycles. The number of benzene rings is 1. The lowest BCUT2D eigenvalue weighted by atomic mass is 10.1. The molecule has 6 nitrogen and oxygen atoms in total. The zero-order valence-corrected chi connectivity index (χ0v) is 12.8. The van der Waals surface area contributed by atoms with Gasteiger partial charge >= 0.3 is 6.03 Å². The lowest BCUT2D eigenvalue weighted by molar-refractivity contribution is 0.259. The van der Waals surface area contributed by atoms with Crippen LogP contribution in [0.4, 0.5) is 16.2 Å². The molecule has 1 atom stereocenters. The molecule has 0 aliphatic heterocycles. The summed E-state index contributed by atoms with van der Waals surface area (Å²) in [5.74, 6) is 0. The van der Waals surface area contributed by atoms with Crippen LogP contribution in [0.3, 0.4) is 0 Å². The summed E-state index contributed by atoms with van der Waals surface area (Å²) in [5.41, 5.74) is 10.1. The molecule has 1 aromatic heterocycles. The van der Waals surface area contributed by atoms with Gasteiger partial charge < -0.3 is 16.4 Å². The summed E-state index contributed by atoms with van der Waals surface area (Å²) in [6.45, 7) is 6.18. The number of hydrogen-bond acceptors (Lipinski definition) is 3. The number of nitrogens with two attached hydrogens (primary N) is 1. The highest BCUT2D eigenvalue weighted by atomic mass is 16.2. The van der Waals surface area contributed by atoms with Crippen molar-refractivity contribution in [1.29, 1.82) is 0 Å². The van der Waals surface area contributed by atoms with Crippen molar-refractivity contribution >= 4 is 17.4 Å². The van der Waals surface area contributed by atoms with E-state index in [4.69, 9.17) is 5.73 Å². The maximum Gasteiger partial charge on any atom is 0.316 e. The normalized spacial score (nSPS) is 12.0. The Hall–Kier alpha value is -2.50. The van der Waals surface area contributed by atoms with Crippen LogP contribution in [0.25, 0.3) is 0 Å². The van der Waals surface area contributed by atoms with E-state index in [0.29, 0.717) is 5.69 Å². The maximum absolute atomic E-state index is 10.8. The molecule has 4 N–H and O–H groups in total. The molecule has 0 saturated carbocycles. The van der Waals surface area contributed by atoms with Crippen LogP contribution in [-0.2, 0) is 7.05 Å². The first-order chi connectivity index (χ1) is 9.88. The molecule has 0 radical (unpaired) electrons. The van der Waals surface area contributed by atoms with Crippen molar-refractivity contribution in [1.82, 2.24) is 9.78 Å². The second-order valence-electron chi connectivity index (χ2n) is 5.14. The molecule has 0 saturated heterocycles. The molecule has 0 spiro atoms. The fraction of sp³-hybridized carbons (Fsp3) is 0.333. The monoisotopic (exact) mass is 287 g/mol. The third kappa shape index (κ3) is 3.34. The van der Waals surface area contributed by atoms with E-state index < -0.39 is 6.03 Å². The van der Waals surface area contributed by atoms with E-state index in [0.717, 1.165) is 17.1 Å². The van der Waals surface area contributed by atoms with Crippen LogP contribution in [0.15, 0.2) is 24.3 Å². The van der Waals surface area contributed by atoms with Gasteiger partial charge in [-0.05, 0) is 45.0 Å². The van der Waals surface area contributed by atoms with Crippen LogP contribution >= 0.6 is 0 Å². The number of hydrogen-bond donors (Lipinski definition) is 3. The Morgan fingerprint density at radius 3 is 2.29 bits per heavy atom. The number of carbonyl (C=O) groups is 1. The van der Waals surface area contributed by atoms with Crippen LogP contribution in [-0.4, -0.2) is 15.8 Å². The molecule has 2 aromatic rings. The van der Waals surface area contributed by atoms with E-state index in [1.807, 2.05) is 42.9 Å². The number of primary amides is 1. The van der Waals surface area contributed by atoms with Crippen LogP contribution in [0, 0.1) is 13.8 Å². The molecular weight excluding hydrogens is 266 g/mol. The number of nitrogens with zero attached hydrogens (tertiary/aromatic N) is 2. The first-order valence-electron chi connectivity index (χ1n) is 6.81. The Bertz CT molecular complexity index is 645. The van der Waals surface area contributed by atoms with E-state index in [-0.39, 0.29) is 6.04 Å². The summed E-state index contributed by atoms with van der Waals surface area (Å²) >= 11 is 0. The molecule has 0 fully saturated rings. The maximum atomic E-state index is 10.8. The van der Waals surface area contributed by atoms with E-state index in [9.17, 15) is 4.79 Å². The Morgan fingerprint density at radius 1 is 1.24 bits per heavy atom. The molecule has 1 aromatic carbocycles. The predicted octanol–water partition coefficient (Wildman–Crippen LogP) is 2.70. The van der Waals surface area contributed by atoms with Gasteiger partial charge in [0.25, 0.3) is 0 Å². The second-order valence-corrected chi connectivity index (χ2v) is 5.14. The standard InChI is InChI=1S/C15H21N5O/c1-9(14-10(2)19-20(4)11(14)3)17-12-5-7-13(8-6-12)18-15(16)21/h5-9,17H,1-4H3,(H3,16,18,21). The van der Waals surface area contributed by atoms with Gasteiger partial charge in [-0.3, -0.25) is 4.68 Å². The van der Waals surface area contributed by atoms with Gasteiger partial charge in [-0.15, -0.1) is 0 Å². The fourth-order valence-electron chi connectivity index (χ4n) is 2.53. The number of aryl methyl sites for hydroxylation is 2. The smallest absolute Gasteiger partial charge is 0.316 e. The first-order valence-corrected chi connectivity index (χ1v) is 6.81. The van der Waals surface area contributed by atoms with Crippen LogP contribution in [0.1, 0.15) is 29.9 Å². The Labute approximate surface area is 124 Å². The van der Waals surface area contributed by atoms with Crippen molar-refractivity contribution in [2.45, 2.75) is 26.8 Å². The highest BCUT2D eigenvalue weighted by Crippen LogP contribution is 2.25. The van der Waals surface area contributed by atoms with Gasteiger partial charge in [-0.25, -0.2) is 4.79 Å². The Morgan fingerprint density at radius 2 is 1.81 bits per heavy atom. The topological polar surface area (TPSA) is 85.0 Å². The Balaban J connectivity index is 2.12. The third-order valence-corrected chi connectivity index (χ3v) is 3.53. The number of rotatable bonds is 4. The van der Waals surface area contributed by atoms with Gasteiger partial charge in [0, 0.05) is 29.7 Å². The number of amides is 2. The summed E-state index contributed by atoms with van der Waals surface area (Å²) in [5, 5.41) is 10.4. The van der Waals surface area contributed by atoms with E-state index >= 15 is 0 Å². The van der Waals surface area contributed by atoms with Gasteiger partial charge in [-0.1, -0.05) is 0 Å². The van der Waals surface area contributed by atoms with Crippen LogP contribution in [0.5, 0.6) is 0 Å². The number of aromatic nitrogens is 2. The Kier molecular flexibility index (Phi) is 4.16. The summed E-state index contributed by atoms with van der Waals surface area (Å²) in [6, 6.07) is 7.01. The van der Waals surface area contributed by atoms with Gasteiger partial charge in [0.15, 0.2) is 0 Å². The molecule has 2 rings (SSSR count). The van der Waals surface area contributed by atoms with Gasteiger partial charge in [0.2, 0.25) is 0 Å². The van der Waals surface area contributed by atoms with Crippen molar-refractivity contribution in [3.63, 3.8) is 0 Å². The van der Waals surface area contributed by atoms with Crippen molar-refractivity contribution in [2.24, 2.45) is 12.8 Å². The molecule has 0 aliphatic carbocycles. The molecule has 112 valence electrons. The number of anilines is 2. The molecule has 6 heteroatoms. The lowest BCUT2D eigenvalue weighted by Gasteiger charge is -2.16. The molecule has 2 amide bonds. The van der Waals surface area contributed by atoms with Gasteiger partial charge in [0.1, 0.15) is 0 Å². The summed E-state index contributed by atoms with van der Waals surface area (Å²) < 4.78 is 1.89. The molecule has 0 bridgehead atoms. The molecular formula is C15H21N5O. The average molecular weight is 287 g/mol. The predicted molar refractivity (Wildman–Crippen MR) is 84.4 cm³/mol. The highest BCUT2D eigenvalue weighted by Gasteiger charge is 2.16. The van der Waals surface area contributed by atoms with Gasteiger partial charge in [0.05, 0.1) is 11.7 Å². The minimum absolute atomic E-state index is 0.147. The largest absolute Gasteiger partial charge is 0.378 e. The molecule has 0 aliphatic rings. The average Bonchev–Trinajstić information content (AvgIpc) is 2.65. The summed E-state index contributed by atoms with van der Waals surface area (Å²) in [4.78, 5) is 10.8. The summed E-state index contributed by atoms with van der Waals surface area (Å²) in [6.07, 6.45) is 0. The highest BCUT2D eigenvalue weighted by molar-refractivity contribution is 5.87. The minimum atomic E-state index is -0.564. The van der Waals surface area contributed by atoms with Crippen molar-refractivity contribution < 1.29 is 4.79 Å². The summed E-state index contributed by atoms with van der Waals surface area (Å²) in [7, 11) is 1.95.